The van der Waals surface area contributed by atoms with Crippen LogP contribution in [0.15, 0.2) is 90.0 Å². The van der Waals surface area contributed by atoms with Crippen LogP contribution in [0.4, 0.5) is 0 Å². The van der Waals surface area contributed by atoms with Crippen LogP contribution in [0.25, 0.3) is 22.4 Å². The fraction of sp³-hybridized carbons (Fsp3) is 0.265. The first kappa shape index (κ1) is 33.1. The number of methoxy groups -OCH3 is 1. The predicted molar refractivity (Wildman–Crippen MR) is 177 cm³/mol. The molecule has 4 aromatic rings. The van der Waals surface area contributed by atoms with Crippen molar-refractivity contribution < 1.29 is 23.2 Å². The van der Waals surface area contributed by atoms with Gasteiger partial charge in [-0.15, -0.1) is 0 Å². The van der Waals surface area contributed by atoms with Crippen molar-refractivity contribution >= 4 is 40.1 Å². The van der Waals surface area contributed by atoms with E-state index in [-0.39, 0.29) is 18.1 Å². The minimum Gasteiger partial charge on any atom is -0.497 e. The summed E-state index contributed by atoms with van der Waals surface area (Å²) in [5.74, 6) is 1.35. The number of aromatic nitrogens is 1. The van der Waals surface area contributed by atoms with Gasteiger partial charge in [0.25, 0.3) is 0 Å². The lowest BCUT2D eigenvalue weighted by atomic mass is 9.99. The highest BCUT2D eigenvalue weighted by Gasteiger charge is 2.21. The first-order valence-corrected chi connectivity index (χ1v) is 17.0. The number of carbonyl (C=O) groups excluding carboxylic acids is 1. The number of rotatable bonds is 15. The molecule has 0 bridgehead atoms. The van der Waals surface area contributed by atoms with E-state index in [0.29, 0.717) is 44.1 Å². The highest BCUT2D eigenvalue weighted by molar-refractivity contribution is 8.00. The van der Waals surface area contributed by atoms with Crippen molar-refractivity contribution in [1.29, 1.82) is 5.26 Å². The molecule has 0 amide bonds. The fourth-order valence-electron chi connectivity index (χ4n) is 4.27. The zero-order chi connectivity index (χ0) is 31.3. The van der Waals surface area contributed by atoms with E-state index in [4.69, 9.17) is 30.8 Å². The lowest BCUT2D eigenvalue weighted by Crippen LogP contribution is -2.31. The standard InChI is InChI=1S/C34H33ClN2O5S2/c1-3-4-18-44(39)23-29(21-41-28-16-12-26(35)13-17-28)42-33(38)22-43-34-31(20-36)30(24-8-6-5-7-9-24)19-32(37-34)25-10-14-27(40-2)15-11-25/h5-17,19,29H,3-4,18,21-23H2,1-2H3. The molecule has 1 heterocycles. The van der Waals surface area contributed by atoms with Crippen LogP contribution in [0.3, 0.4) is 0 Å². The predicted octanol–water partition coefficient (Wildman–Crippen LogP) is 7.58. The minimum atomic E-state index is -1.17. The molecule has 10 heteroatoms. The Kier molecular flexibility index (Phi) is 12.7. The zero-order valence-electron chi connectivity index (χ0n) is 24.5. The molecule has 0 aliphatic heterocycles. The maximum Gasteiger partial charge on any atom is 0.316 e. The Balaban J connectivity index is 1.54. The van der Waals surface area contributed by atoms with Gasteiger partial charge in [0.1, 0.15) is 35.3 Å². The van der Waals surface area contributed by atoms with Gasteiger partial charge in [-0.3, -0.25) is 9.00 Å². The maximum atomic E-state index is 13.1. The van der Waals surface area contributed by atoms with Gasteiger partial charge in [0.05, 0.1) is 29.9 Å². The largest absolute Gasteiger partial charge is 0.497 e. The third-order valence-corrected chi connectivity index (χ3v) is 9.23. The quantitative estimate of drug-likeness (QED) is 0.0961. The van der Waals surface area contributed by atoms with Gasteiger partial charge < -0.3 is 14.2 Å². The average Bonchev–Trinajstić information content (AvgIpc) is 3.06. The van der Waals surface area contributed by atoms with Crippen molar-refractivity contribution in [2.45, 2.75) is 30.9 Å². The minimum absolute atomic E-state index is 0.0444. The van der Waals surface area contributed by atoms with E-state index in [1.54, 1.807) is 31.4 Å². The normalized spacial score (nSPS) is 12.1. The number of nitriles is 1. The number of carbonyl (C=O) groups is 1. The van der Waals surface area contributed by atoms with Gasteiger partial charge in [-0.25, -0.2) is 4.98 Å². The third kappa shape index (κ3) is 9.58. The number of hydrogen-bond donors (Lipinski definition) is 0. The number of unbranched alkanes of at least 4 members (excludes halogenated alkanes) is 1. The molecule has 0 spiro atoms. The summed E-state index contributed by atoms with van der Waals surface area (Å²) in [7, 11) is 0.431. The summed E-state index contributed by atoms with van der Waals surface area (Å²) >= 11 is 7.10. The number of esters is 1. The van der Waals surface area contributed by atoms with E-state index in [1.165, 1.54) is 0 Å². The molecule has 0 radical (unpaired) electrons. The molecule has 4 rings (SSSR count). The van der Waals surface area contributed by atoms with Gasteiger partial charge in [0.15, 0.2) is 0 Å². The molecular formula is C34H33ClN2O5S2. The van der Waals surface area contributed by atoms with Gasteiger partial charge in [0, 0.05) is 32.7 Å². The van der Waals surface area contributed by atoms with E-state index >= 15 is 0 Å². The summed E-state index contributed by atoms with van der Waals surface area (Å²) in [5, 5.41) is 11.2. The van der Waals surface area contributed by atoms with Crippen molar-refractivity contribution in [3.63, 3.8) is 0 Å². The number of benzene rings is 3. The number of hydrogen-bond acceptors (Lipinski definition) is 8. The number of nitrogens with zero attached hydrogens (tertiary/aromatic N) is 2. The molecular weight excluding hydrogens is 616 g/mol. The molecule has 1 aromatic heterocycles. The van der Waals surface area contributed by atoms with Gasteiger partial charge >= 0.3 is 5.97 Å². The second-order valence-electron chi connectivity index (χ2n) is 9.77. The van der Waals surface area contributed by atoms with E-state index in [0.717, 1.165) is 35.7 Å². The number of ether oxygens (including phenoxy) is 3. The second-order valence-corrected chi connectivity index (χ2v) is 12.8. The Bertz CT molecular complexity index is 1590. The summed E-state index contributed by atoms with van der Waals surface area (Å²) in [6.07, 6.45) is 1.02. The molecule has 7 nitrogen and oxygen atoms in total. The Labute approximate surface area is 270 Å². The van der Waals surface area contributed by atoms with Gasteiger partial charge in [-0.05, 0) is 66.6 Å². The number of halogens is 1. The smallest absolute Gasteiger partial charge is 0.316 e. The first-order valence-electron chi connectivity index (χ1n) is 14.1. The van der Waals surface area contributed by atoms with E-state index < -0.39 is 22.9 Å². The van der Waals surface area contributed by atoms with Gasteiger partial charge in [-0.1, -0.05) is 67.0 Å². The van der Waals surface area contributed by atoms with Crippen LogP contribution in [0.5, 0.6) is 11.5 Å². The SMILES string of the molecule is CCCCS(=O)CC(COc1ccc(Cl)cc1)OC(=O)CSc1nc(-c2ccc(OC)cc2)cc(-c2ccccc2)c1C#N. The average molecular weight is 649 g/mol. The molecule has 44 heavy (non-hydrogen) atoms. The monoisotopic (exact) mass is 648 g/mol. The summed E-state index contributed by atoms with van der Waals surface area (Å²) in [6.45, 7) is 2.08. The molecule has 2 atom stereocenters. The molecule has 3 aromatic carbocycles. The first-order chi connectivity index (χ1) is 21.4. The fourth-order valence-corrected chi connectivity index (χ4v) is 6.54. The third-order valence-electron chi connectivity index (χ3n) is 6.54. The highest BCUT2D eigenvalue weighted by atomic mass is 35.5. The zero-order valence-corrected chi connectivity index (χ0v) is 26.9. The van der Waals surface area contributed by atoms with Gasteiger partial charge in [0.2, 0.25) is 0 Å². The molecule has 0 aliphatic rings. The van der Waals surface area contributed by atoms with Crippen molar-refractivity contribution in [3.05, 3.63) is 95.5 Å². The molecule has 0 saturated carbocycles. The molecule has 0 N–H and O–H groups in total. The summed E-state index contributed by atoms with van der Waals surface area (Å²) in [4.78, 5) is 17.9. The number of pyridine rings is 1. The van der Waals surface area contributed by atoms with Crippen molar-refractivity contribution in [3.8, 4) is 40.0 Å². The second kappa shape index (κ2) is 16.9. The van der Waals surface area contributed by atoms with Crippen molar-refractivity contribution in [2.24, 2.45) is 0 Å². The number of thioether (sulfide) groups is 1. The van der Waals surface area contributed by atoms with Crippen LogP contribution in [0.2, 0.25) is 5.02 Å². The topological polar surface area (TPSA) is 98.5 Å². The lowest BCUT2D eigenvalue weighted by molar-refractivity contribution is -0.146. The highest BCUT2D eigenvalue weighted by Crippen LogP contribution is 2.34. The van der Waals surface area contributed by atoms with E-state index in [9.17, 15) is 14.3 Å². The molecule has 0 saturated heterocycles. The van der Waals surface area contributed by atoms with Crippen LogP contribution in [0.1, 0.15) is 25.3 Å². The maximum absolute atomic E-state index is 13.1. The Morgan fingerprint density at radius 2 is 1.73 bits per heavy atom. The molecule has 228 valence electrons. The Hall–Kier alpha value is -3.84. The molecule has 0 fully saturated rings. The van der Waals surface area contributed by atoms with Crippen molar-refractivity contribution in [2.75, 3.05) is 31.0 Å². The van der Waals surface area contributed by atoms with E-state index in [1.807, 2.05) is 67.6 Å². The summed E-state index contributed by atoms with van der Waals surface area (Å²) < 4.78 is 29.6. The summed E-state index contributed by atoms with van der Waals surface area (Å²) in [6, 6.07) is 28.1. The van der Waals surface area contributed by atoms with Crippen LogP contribution < -0.4 is 9.47 Å². The van der Waals surface area contributed by atoms with Crippen LogP contribution >= 0.6 is 23.4 Å². The van der Waals surface area contributed by atoms with Crippen LogP contribution in [-0.4, -0.2) is 52.2 Å². The lowest BCUT2D eigenvalue weighted by Gasteiger charge is -2.19. The Morgan fingerprint density at radius 3 is 2.39 bits per heavy atom. The van der Waals surface area contributed by atoms with Crippen LogP contribution in [0, 0.1) is 11.3 Å². The van der Waals surface area contributed by atoms with Crippen molar-refractivity contribution in [1.82, 2.24) is 4.98 Å². The molecule has 0 aliphatic carbocycles. The van der Waals surface area contributed by atoms with Crippen LogP contribution in [-0.2, 0) is 20.3 Å². The van der Waals surface area contributed by atoms with E-state index in [2.05, 4.69) is 6.07 Å². The summed E-state index contributed by atoms with van der Waals surface area (Å²) in [5.41, 5.74) is 3.44. The Morgan fingerprint density at radius 1 is 1.02 bits per heavy atom. The van der Waals surface area contributed by atoms with Gasteiger partial charge in [-0.2, -0.15) is 5.26 Å². The molecule has 2 unspecified atom stereocenters.